The van der Waals surface area contributed by atoms with Gasteiger partial charge >= 0.3 is 5.97 Å². The maximum Gasteiger partial charge on any atom is 0.321 e. The van der Waals surface area contributed by atoms with Crippen LogP contribution in [0.2, 0.25) is 54.4 Å². The van der Waals surface area contributed by atoms with Gasteiger partial charge in [-0.15, -0.1) is 0 Å². The first-order valence-electron chi connectivity index (χ1n) is 16.0. The van der Waals surface area contributed by atoms with Crippen molar-refractivity contribution in [1.82, 2.24) is 0 Å². The van der Waals surface area contributed by atoms with Gasteiger partial charge < -0.3 is 13.3 Å². The molecule has 0 aliphatic heterocycles. The second kappa shape index (κ2) is 15.0. The Morgan fingerprint density at radius 3 is 1.56 bits per heavy atom. The fraction of sp³-hybridized carbons (Fsp3) is 0.879. The Labute approximate surface area is 258 Å². The molecule has 0 saturated carbocycles. The molecule has 0 bridgehead atoms. The molecule has 0 unspecified atom stereocenters. The first kappa shape index (κ1) is 40.5. The van der Waals surface area contributed by atoms with Crippen molar-refractivity contribution in [3.63, 3.8) is 0 Å². The van der Waals surface area contributed by atoms with Gasteiger partial charge in [-0.1, -0.05) is 88.3 Å². The zero-order valence-electron chi connectivity index (χ0n) is 30.3. The first-order chi connectivity index (χ1) is 18.3. The van der Waals surface area contributed by atoms with Crippen molar-refractivity contribution in [2.24, 2.45) is 17.3 Å². The Kier molecular flexibility index (Phi) is 14.8. The van der Waals surface area contributed by atoms with Gasteiger partial charge in [0, 0.05) is 5.92 Å². The highest BCUT2D eigenvalue weighted by atomic mass is 28.4. The van der Waals surface area contributed by atoms with Gasteiger partial charge in [0.2, 0.25) is 0 Å². The Balaban J connectivity index is 6.84. The molecule has 8 heteroatoms. The number of allylic oxidation sites excluding steroid dienone is 2. The van der Waals surface area contributed by atoms with E-state index >= 15 is 0 Å². The van der Waals surface area contributed by atoms with E-state index in [-0.39, 0.29) is 27.9 Å². The molecule has 0 fully saturated rings. The van der Waals surface area contributed by atoms with E-state index in [4.69, 9.17) is 13.3 Å². The zero-order valence-corrected chi connectivity index (χ0v) is 33.3. The summed E-state index contributed by atoms with van der Waals surface area (Å²) in [4.78, 5) is 28.8. The van der Waals surface area contributed by atoms with Gasteiger partial charge in [0.05, 0.1) is 11.5 Å². The van der Waals surface area contributed by atoms with Gasteiger partial charge in [-0.3, -0.25) is 9.59 Å². The number of carbonyl (C=O) groups excluding carboxylic acids is 2. The van der Waals surface area contributed by atoms with E-state index in [0.717, 1.165) is 24.6 Å². The molecule has 0 saturated heterocycles. The van der Waals surface area contributed by atoms with Crippen molar-refractivity contribution in [1.29, 1.82) is 0 Å². The van der Waals surface area contributed by atoms with Crippen LogP contribution in [0.5, 0.6) is 0 Å². The van der Waals surface area contributed by atoms with Crippen LogP contribution in [0.25, 0.3) is 0 Å². The number of hydrogen-bond donors (Lipinski definition) is 0. The topological polar surface area (TPSA) is 61.8 Å². The van der Waals surface area contributed by atoms with Crippen LogP contribution in [-0.4, -0.2) is 48.9 Å². The van der Waals surface area contributed by atoms with Gasteiger partial charge in [0.25, 0.3) is 8.32 Å². The lowest BCUT2D eigenvalue weighted by molar-refractivity contribution is -0.158. The van der Waals surface area contributed by atoms with Crippen LogP contribution in [0, 0.1) is 17.3 Å². The monoisotopic (exact) mass is 628 g/mol. The third-order valence-corrected chi connectivity index (χ3v) is 23.8. The summed E-state index contributed by atoms with van der Waals surface area (Å²) in [5.41, 5.74) is -1.09. The van der Waals surface area contributed by atoms with E-state index in [0.29, 0.717) is 0 Å². The minimum absolute atomic E-state index is 0.0110. The Morgan fingerprint density at radius 1 is 0.756 bits per heavy atom. The van der Waals surface area contributed by atoms with E-state index in [1.54, 1.807) is 0 Å². The third kappa shape index (κ3) is 10.3. The summed E-state index contributed by atoms with van der Waals surface area (Å²) in [6.07, 6.45) is 3.86. The van der Waals surface area contributed by atoms with Gasteiger partial charge in [-0.25, -0.2) is 0 Å². The molecule has 0 aliphatic rings. The quantitative estimate of drug-likeness (QED) is 0.126. The molecule has 0 amide bonds. The molecule has 0 aromatic rings. The second-order valence-electron chi connectivity index (χ2n) is 15.9. The average Bonchev–Trinajstić information content (AvgIpc) is 2.84. The molecule has 0 aromatic heterocycles. The highest BCUT2D eigenvalue weighted by molar-refractivity contribution is 6.76. The normalized spacial score (nSPS) is 17.3. The molecule has 41 heavy (non-hydrogen) atoms. The van der Waals surface area contributed by atoms with Crippen LogP contribution < -0.4 is 0 Å². The molecule has 0 aromatic carbocycles. The van der Waals surface area contributed by atoms with E-state index in [1.807, 2.05) is 27.7 Å². The summed E-state index contributed by atoms with van der Waals surface area (Å²) in [5, 5.41) is -0.282. The first-order valence-corrected chi connectivity index (χ1v) is 24.4. The van der Waals surface area contributed by atoms with Crippen molar-refractivity contribution in [3.05, 3.63) is 12.2 Å². The van der Waals surface area contributed by atoms with Crippen molar-refractivity contribution in [2.75, 3.05) is 0 Å². The molecule has 0 aliphatic carbocycles. The second-order valence-corrected chi connectivity index (χ2v) is 30.1. The molecule has 0 N–H and O–H groups in total. The standard InChI is InChI=1S/C33H68O5Si3/c1-19-23-24-25(5)27(36-41(20-2,21-3)22-4)26(6)28(34)33(13,14)29(37-39(15,16)31(7,8)9)30(35)38-40(17,18)32(10,11)12/h19,23,25-27,29H,20-22,24H2,1-18H3/b23-19+/t25-,26+,27-,29-/m0/s1. The molecule has 0 spiro atoms. The average molecular weight is 629 g/mol. The van der Waals surface area contributed by atoms with Gasteiger partial charge in [-0.2, -0.15) is 0 Å². The molecule has 0 radical (unpaired) electrons. The van der Waals surface area contributed by atoms with Crippen molar-refractivity contribution >= 4 is 36.7 Å². The van der Waals surface area contributed by atoms with E-state index in [9.17, 15) is 9.59 Å². The fourth-order valence-corrected chi connectivity index (χ4v) is 10.0. The maximum atomic E-state index is 14.6. The maximum absolute atomic E-state index is 14.6. The summed E-state index contributed by atoms with van der Waals surface area (Å²) in [6, 6.07) is 3.06. The lowest BCUT2D eigenvalue weighted by atomic mass is 9.74. The van der Waals surface area contributed by atoms with Crippen LogP contribution >= 0.6 is 0 Å². The number of Topliss-reactive ketones (excluding diaryl/α,β-unsaturated/α-hetero) is 1. The van der Waals surface area contributed by atoms with E-state index < -0.39 is 48.4 Å². The molecule has 0 heterocycles. The van der Waals surface area contributed by atoms with Crippen LogP contribution in [0.15, 0.2) is 12.2 Å². The summed E-state index contributed by atoms with van der Waals surface area (Å²) < 4.78 is 20.3. The Bertz CT molecular complexity index is 868. The van der Waals surface area contributed by atoms with E-state index in [2.05, 4.69) is 108 Å². The predicted octanol–water partition coefficient (Wildman–Crippen LogP) is 10.1. The number of rotatable bonds is 16. The van der Waals surface area contributed by atoms with Gasteiger partial charge in [0.1, 0.15) is 5.78 Å². The highest BCUT2D eigenvalue weighted by Crippen LogP contribution is 2.43. The molecule has 0 rings (SSSR count). The van der Waals surface area contributed by atoms with E-state index in [1.165, 1.54) is 0 Å². The molecule has 5 nitrogen and oxygen atoms in total. The molecular formula is C33H68O5Si3. The lowest BCUT2D eigenvalue weighted by Gasteiger charge is -2.46. The minimum atomic E-state index is -2.45. The van der Waals surface area contributed by atoms with Crippen molar-refractivity contribution in [2.45, 2.75) is 170 Å². The number of hydrogen-bond acceptors (Lipinski definition) is 5. The van der Waals surface area contributed by atoms with Crippen LogP contribution in [0.1, 0.15) is 103 Å². The van der Waals surface area contributed by atoms with Gasteiger partial charge in [-0.05, 0) is 87.5 Å². The third-order valence-electron chi connectivity index (χ3n) is 10.4. The van der Waals surface area contributed by atoms with Crippen molar-refractivity contribution in [3.8, 4) is 0 Å². The minimum Gasteiger partial charge on any atom is -0.517 e. The predicted molar refractivity (Wildman–Crippen MR) is 184 cm³/mol. The summed E-state index contributed by atoms with van der Waals surface area (Å²) in [6.45, 7) is 37.9. The van der Waals surface area contributed by atoms with Crippen molar-refractivity contribution < 1.29 is 22.9 Å². The highest BCUT2D eigenvalue weighted by Gasteiger charge is 2.53. The Morgan fingerprint density at radius 2 is 1.20 bits per heavy atom. The lowest BCUT2D eigenvalue weighted by Crippen LogP contribution is -2.57. The fourth-order valence-electron chi connectivity index (χ4n) is 4.77. The summed E-state index contributed by atoms with van der Waals surface area (Å²) in [7, 11) is -6.88. The number of carbonyl (C=O) groups is 2. The largest absolute Gasteiger partial charge is 0.517 e. The summed E-state index contributed by atoms with van der Waals surface area (Å²) >= 11 is 0. The Hall–Kier alpha value is -0.549. The smallest absolute Gasteiger partial charge is 0.321 e. The van der Waals surface area contributed by atoms with Crippen LogP contribution in [-0.2, 0) is 22.9 Å². The molecule has 4 atom stereocenters. The zero-order chi connectivity index (χ0) is 32.8. The number of ketones is 1. The SMILES string of the molecule is C/C=C/C[C@H](C)[C@H](O[Si](CC)(CC)CC)[C@@H](C)C(=O)C(C)(C)[C@@H](O[Si](C)(C)C(C)(C)C)C(=O)O[Si](C)(C)C(C)(C)C. The van der Waals surface area contributed by atoms with Crippen LogP contribution in [0.4, 0.5) is 0 Å². The molecular weight excluding hydrogens is 561 g/mol. The summed E-state index contributed by atoms with van der Waals surface area (Å²) in [5.74, 6) is -0.618. The van der Waals surface area contributed by atoms with Gasteiger partial charge in [0.15, 0.2) is 22.7 Å². The molecule has 242 valence electrons. The van der Waals surface area contributed by atoms with Crippen LogP contribution in [0.3, 0.4) is 0 Å².